The Balaban J connectivity index is 1.69. The van der Waals surface area contributed by atoms with Crippen molar-refractivity contribution in [1.29, 1.82) is 0 Å². The van der Waals surface area contributed by atoms with Crippen LogP contribution in [0, 0.1) is 0 Å². The number of phenolic OH excluding ortho intramolecular Hbond substituents is 1. The number of phenols is 1. The smallest absolute Gasteiger partial charge is 0.257 e. The van der Waals surface area contributed by atoms with Gasteiger partial charge in [-0.1, -0.05) is 35.3 Å². The summed E-state index contributed by atoms with van der Waals surface area (Å²) in [5.74, 6) is -0.155. The van der Waals surface area contributed by atoms with Gasteiger partial charge in [0.05, 0.1) is 16.3 Å². The Labute approximate surface area is 160 Å². The predicted molar refractivity (Wildman–Crippen MR) is 106 cm³/mol. The Bertz CT molecular complexity index is 970. The van der Waals surface area contributed by atoms with E-state index in [-0.39, 0.29) is 11.7 Å². The molecule has 26 heavy (non-hydrogen) atoms. The SMILES string of the molecule is O=C(Nc1ccc(/N=C/c2ccccc2O)cc1)c1ccc(Cl)cc1Cl. The van der Waals surface area contributed by atoms with E-state index in [9.17, 15) is 9.90 Å². The van der Waals surface area contributed by atoms with E-state index in [2.05, 4.69) is 10.3 Å². The summed E-state index contributed by atoms with van der Waals surface area (Å²) in [5, 5.41) is 13.3. The van der Waals surface area contributed by atoms with E-state index in [1.165, 1.54) is 6.07 Å². The average Bonchev–Trinajstić information content (AvgIpc) is 2.62. The number of aliphatic imine (C=N–C) groups is 1. The quantitative estimate of drug-likeness (QED) is 0.566. The van der Waals surface area contributed by atoms with E-state index in [4.69, 9.17) is 23.2 Å². The second-order valence-electron chi connectivity index (χ2n) is 5.44. The van der Waals surface area contributed by atoms with E-state index in [0.29, 0.717) is 32.5 Å². The second kappa shape index (κ2) is 8.04. The van der Waals surface area contributed by atoms with Crippen LogP contribution in [-0.2, 0) is 0 Å². The van der Waals surface area contributed by atoms with Crippen LogP contribution in [0.1, 0.15) is 15.9 Å². The number of carbonyl (C=O) groups excluding carboxylic acids is 1. The van der Waals surface area contributed by atoms with Crippen molar-refractivity contribution in [2.24, 2.45) is 4.99 Å². The van der Waals surface area contributed by atoms with Crippen LogP contribution >= 0.6 is 23.2 Å². The molecule has 0 spiro atoms. The van der Waals surface area contributed by atoms with Crippen LogP contribution in [0.2, 0.25) is 10.0 Å². The number of nitrogens with zero attached hydrogens (tertiary/aromatic N) is 1. The fourth-order valence-electron chi connectivity index (χ4n) is 2.24. The second-order valence-corrected chi connectivity index (χ2v) is 6.29. The van der Waals surface area contributed by atoms with Crippen molar-refractivity contribution in [3.8, 4) is 5.75 Å². The maximum atomic E-state index is 12.3. The normalized spacial score (nSPS) is 10.8. The predicted octanol–water partition coefficient (Wildman–Crippen LogP) is 5.70. The monoisotopic (exact) mass is 384 g/mol. The number of amides is 1. The molecule has 2 N–H and O–H groups in total. The van der Waals surface area contributed by atoms with Gasteiger partial charge in [-0.25, -0.2) is 0 Å². The minimum absolute atomic E-state index is 0.167. The minimum atomic E-state index is -0.322. The van der Waals surface area contributed by atoms with Crippen LogP contribution in [0.4, 0.5) is 11.4 Å². The number of hydrogen-bond donors (Lipinski definition) is 2. The van der Waals surface area contributed by atoms with E-state index >= 15 is 0 Å². The molecule has 0 saturated heterocycles. The maximum Gasteiger partial charge on any atom is 0.257 e. The third-order valence-corrected chi connectivity index (χ3v) is 4.14. The first-order valence-corrected chi connectivity index (χ1v) is 8.47. The van der Waals surface area contributed by atoms with Gasteiger partial charge in [-0.3, -0.25) is 9.79 Å². The van der Waals surface area contributed by atoms with E-state index in [1.807, 2.05) is 6.07 Å². The van der Waals surface area contributed by atoms with Crippen LogP contribution in [0.3, 0.4) is 0 Å². The lowest BCUT2D eigenvalue weighted by Gasteiger charge is -2.07. The van der Waals surface area contributed by atoms with Crippen molar-refractivity contribution in [2.45, 2.75) is 0 Å². The zero-order valence-electron chi connectivity index (χ0n) is 13.5. The summed E-state index contributed by atoms with van der Waals surface area (Å²) in [5.41, 5.74) is 2.28. The van der Waals surface area contributed by atoms with Crippen LogP contribution < -0.4 is 5.32 Å². The molecule has 0 saturated carbocycles. The summed E-state index contributed by atoms with van der Waals surface area (Å²) in [7, 11) is 0. The molecule has 0 bridgehead atoms. The highest BCUT2D eigenvalue weighted by molar-refractivity contribution is 6.37. The van der Waals surface area contributed by atoms with Gasteiger partial charge in [0, 0.05) is 22.5 Å². The van der Waals surface area contributed by atoms with Crippen molar-refractivity contribution in [2.75, 3.05) is 5.32 Å². The molecule has 3 aromatic rings. The summed E-state index contributed by atoms with van der Waals surface area (Å²) in [6, 6.07) is 18.6. The number of anilines is 1. The molecule has 0 aromatic heterocycles. The summed E-state index contributed by atoms with van der Waals surface area (Å²) in [6.07, 6.45) is 1.58. The molecule has 6 heteroatoms. The Morgan fingerprint density at radius 1 is 1.00 bits per heavy atom. The Kier molecular flexibility index (Phi) is 5.56. The number of halogens is 2. The van der Waals surface area contributed by atoms with Crippen LogP contribution in [0.15, 0.2) is 71.7 Å². The molecule has 0 radical (unpaired) electrons. The highest BCUT2D eigenvalue weighted by atomic mass is 35.5. The molecule has 0 fully saturated rings. The summed E-state index contributed by atoms with van der Waals surface area (Å²) in [6.45, 7) is 0. The van der Waals surface area contributed by atoms with Crippen LogP contribution in [-0.4, -0.2) is 17.2 Å². The molecular formula is C20H14Cl2N2O2. The van der Waals surface area contributed by atoms with Gasteiger partial charge in [0.15, 0.2) is 0 Å². The van der Waals surface area contributed by atoms with Gasteiger partial charge in [-0.15, -0.1) is 0 Å². The molecule has 0 aliphatic carbocycles. The molecule has 3 rings (SSSR count). The molecule has 0 unspecified atom stereocenters. The molecule has 4 nitrogen and oxygen atoms in total. The molecule has 0 heterocycles. The van der Waals surface area contributed by atoms with Crippen molar-refractivity contribution in [3.05, 3.63) is 87.9 Å². The number of rotatable bonds is 4. The highest BCUT2D eigenvalue weighted by Gasteiger charge is 2.10. The number of benzene rings is 3. The van der Waals surface area contributed by atoms with Crippen molar-refractivity contribution in [1.82, 2.24) is 0 Å². The van der Waals surface area contributed by atoms with E-state index in [1.54, 1.807) is 60.8 Å². The largest absolute Gasteiger partial charge is 0.507 e. The third kappa shape index (κ3) is 4.42. The van der Waals surface area contributed by atoms with Gasteiger partial charge in [0.1, 0.15) is 5.75 Å². The fraction of sp³-hybridized carbons (Fsp3) is 0. The number of para-hydroxylation sites is 1. The third-order valence-electron chi connectivity index (χ3n) is 3.59. The van der Waals surface area contributed by atoms with Gasteiger partial charge in [0.25, 0.3) is 5.91 Å². The molecule has 0 aliphatic heterocycles. The summed E-state index contributed by atoms with van der Waals surface area (Å²) in [4.78, 5) is 16.6. The van der Waals surface area contributed by atoms with Gasteiger partial charge >= 0.3 is 0 Å². The maximum absolute atomic E-state index is 12.3. The summed E-state index contributed by atoms with van der Waals surface area (Å²) < 4.78 is 0. The first-order chi connectivity index (χ1) is 12.5. The van der Waals surface area contributed by atoms with Crippen LogP contribution in [0.25, 0.3) is 0 Å². The highest BCUT2D eigenvalue weighted by Crippen LogP contribution is 2.23. The Morgan fingerprint density at radius 2 is 1.73 bits per heavy atom. The van der Waals surface area contributed by atoms with E-state index in [0.717, 1.165) is 0 Å². The van der Waals surface area contributed by atoms with E-state index < -0.39 is 0 Å². The lowest BCUT2D eigenvalue weighted by atomic mass is 10.2. The van der Waals surface area contributed by atoms with Crippen molar-refractivity contribution >= 4 is 46.7 Å². The fourth-order valence-corrected chi connectivity index (χ4v) is 2.74. The average molecular weight is 385 g/mol. The first-order valence-electron chi connectivity index (χ1n) is 7.71. The number of hydrogen-bond acceptors (Lipinski definition) is 3. The van der Waals surface area contributed by atoms with Crippen molar-refractivity contribution in [3.63, 3.8) is 0 Å². The molecule has 0 aliphatic rings. The molecule has 3 aromatic carbocycles. The summed E-state index contributed by atoms with van der Waals surface area (Å²) >= 11 is 11.9. The topological polar surface area (TPSA) is 61.7 Å². The zero-order chi connectivity index (χ0) is 18.5. The van der Waals surface area contributed by atoms with Crippen molar-refractivity contribution < 1.29 is 9.90 Å². The van der Waals surface area contributed by atoms with Gasteiger partial charge in [-0.05, 0) is 54.6 Å². The van der Waals surface area contributed by atoms with Crippen LogP contribution in [0.5, 0.6) is 5.75 Å². The van der Waals surface area contributed by atoms with Gasteiger partial charge < -0.3 is 10.4 Å². The van der Waals surface area contributed by atoms with Gasteiger partial charge in [-0.2, -0.15) is 0 Å². The number of carbonyl (C=O) groups is 1. The molecule has 130 valence electrons. The minimum Gasteiger partial charge on any atom is -0.507 e. The van der Waals surface area contributed by atoms with Gasteiger partial charge in [0.2, 0.25) is 0 Å². The molecule has 1 amide bonds. The molecule has 0 atom stereocenters. The number of nitrogens with one attached hydrogen (secondary N) is 1. The first kappa shape index (κ1) is 18.0. The molecular weight excluding hydrogens is 371 g/mol. The Hall–Kier alpha value is -2.82. The lowest BCUT2D eigenvalue weighted by Crippen LogP contribution is -2.12. The zero-order valence-corrected chi connectivity index (χ0v) is 15.0. The number of aromatic hydroxyl groups is 1. The Morgan fingerprint density at radius 3 is 2.42 bits per heavy atom. The standard InChI is InChI=1S/C20H14Cl2N2O2/c21-14-5-10-17(18(22)11-14)20(26)24-16-8-6-15(7-9-16)23-12-13-3-1-2-4-19(13)25/h1-12,25H,(H,24,26)/b23-12+. The lowest BCUT2D eigenvalue weighted by molar-refractivity contribution is 0.102.